The largest absolute Gasteiger partial charge is 0.494 e. The standard InChI is InChI=1S/C25H28N4O3/c1-2-32-22-10-8-21(9-11-22)23-16-24(30)29(19-26-23)18-25(31)28-14-12-27(13-15-28)17-20-6-4-3-5-7-20/h3-11,16,19H,2,12-15,17-18H2,1H3. The summed E-state index contributed by atoms with van der Waals surface area (Å²) in [6.45, 7) is 6.41. The van der Waals surface area contributed by atoms with E-state index in [1.54, 1.807) is 0 Å². The molecule has 0 unspecified atom stereocenters. The van der Waals surface area contributed by atoms with Gasteiger partial charge >= 0.3 is 0 Å². The minimum atomic E-state index is -0.236. The first-order valence-electron chi connectivity index (χ1n) is 11.0. The summed E-state index contributed by atoms with van der Waals surface area (Å²) in [5.74, 6) is 0.723. The van der Waals surface area contributed by atoms with E-state index in [9.17, 15) is 9.59 Å². The molecule has 4 rings (SSSR count). The van der Waals surface area contributed by atoms with Crippen molar-refractivity contribution < 1.29 is 9.53 Å². The van der Waals surface area contributed by atoms with Crippen LogP contribution in [0.3, 0.4) is 0 Å². The molecule has 0 spiro atoms. The van der Waals surface area contributed by atoms with Crippen LogP contribution in [0.4, 0.5) is 0 Å². The van der Waals surface area contributed by atoms with Crippen molar-refractivity contribution in [1.82, 2.24) is 19.4 Å². The number of benzene rings is 2. The summed E-state index contributed by atoms with van der Waals surface area (Å²) in [5, 5.41) is 0. The number of hydrogen-bond acceptors (Lipinski definition) is 5. The van der Waals surface area contributed by atoms with Gasteiger partial charge in [0, 0.05) is 44.4 Å². The molecule has 2 heterocycles. The molecule has 0 atom stereocenters. The van der Waals surface area contributed by atoms with Crippen LogP contribution in [0.25, 0.3) is 11.3 Å². The first-order valence-corrected chi connectivity index (χ1v) is 11.0. The van der Waals surface area contributed by atoms with Crippen LogP contribution in [0.2, 0.25) is 0 Å². The van der Waals surface area contributed by atoms with E-state index in [0.29, 0.717) is 25.4 Å². The Hall–Kier alpha value is -3.45. The Bertz CT molecular complexity index is 1090. The van der Waals surface area contributed by atoms with Crippen molar-refractivity contribution >= 4 is 5.91 Å². The van der Waals surface area contributed by atoms with Gasteiger partial charge in [0.2, 0.25) is 5.91 Å². The van der Waals surface area contributed by atoms with Crippen LogP contribution in [0.5, 0.6) is 5.75 Å². The number of nitrogens with zero attached hydrogens (tertiary/aromatic N) is 4. The maximum atomic E-state index is 12.7. The molecule has 3 aromatic rings. The Labute approximate surface area is 187 Å². The van der Waals surface area contributed by atoms with E-state index in [-0.39, 0.29) is 18.0 Å². The van der Waals surface area contributed by atoms with E-state index < -0.39 is 0 Å². The highest BCUT2D eigenvalue weighted by molar-refractivity contribution is 5.76. The van der Waals surface area contributed by atoms with Gasteiger partial charge in [-0.25, -0.2) is 4.98 Å². The van der Waals surface area contributed by atoms with Gasteiger partial charge in [-0.05, 0) is 36.8 Å². The molecule has 0 aliphatic carbocycles. The van der Waals surface area contributed by atoms with Crippen LogP contribution in [0.15, 0.2) is 71.8 Å². The zero-order chi connectivity index (χ0) is 22.3. The Balaban J connectivity index is 1.33. The molecule has 166 valence electrons. The fraction of sp³-hybridized carbons (Fsp3) is 0.320. The average molecular weight is 433 g/mol. The van der Waals surface area contributed by atoms with Crippen molar-refractivity contribution in [2.45, 2.75) is 20.0 Å². The van der Waals surface area contributed by atoms with Gasteiger partial charge in [-0.2, -0.15) is 0 Å². The second-order valence-electron chi connectivity index (χ2n) is 7.84. The molecule has 7 heteroatoms. The second-order valence-corrected chi connectivity index (χ2v) is 7.84. The topological polar surface area (TPSA) is 67.7 Å². The highest BCUT2D eigenvalue weighted by Gasteiger charge is 2.21. The predicted molar refractivity (Wildman–Crippen MR) is 123 cm³/mol. The van der Waals surface area contributed by atoms with Crippen molar-refractivity contribution in [1.29, 1.82) is 0 Å². The average Bonchev–Trinajstić information content (AvgIpc) is 2.82. The molecule has 0 saturated carbocycles. The molecule has 32 heavy (non-hydrogen) atoms. The van der Waals surface area contributed by atoms with Gasteiger partial charge in [0.15, 0.2) is 0 Å². The molecule has 2 aromatic carbocycles. The molecule has 1 aliphatic rings. The van der Waals surface area contributed by atoms with E-state index in [2.05, 4.69) is 22.0 Å². The molecule has 0 bridgehead atoms. The van der Waals surface area contributed by atoms with E-state index in [0.717, 1.165) is 30.9 Å². The minimum Gasteiger partial charge on any atom is -0.494 e. The number of hydrogen-bond donors (Lipinski definition) is 0. The van der Waals surface area contributed by atoms with Crippen LogP contribution in [0.1, 0.15) is 12.5 Å². The summed E-state index contributed by atoms with van der Waals surface area (Å²) < 4.78 is 6.82. The van der Waals surface area contributed by atoms with Gasteiger partial charge in [-0.1, -0.05) is 30.3 Å². The third-order valence-electron chi connectivity index (χ3n) is 5.62. The van der Waals surface area contributed by atoms with Crippen molar-refractivity contribution in [2.24, 2.45) is 0 Å². The maximum Gasteiger partial charge on any atom is 0.254 e. The molecular weight excluding hydrogens is 404 g/mol. The zero-order valence-corrected chi connectivity index (χ0v) is 18.3. The lowest BCUT2D eigenvalue weighted by molar-refractivity contribution is -0.133. The van der Waals surface area contributed by atoms with E-state index >= 15 is 0 Å². The number of amides is 1. The van der Waals surface area contributed by atoms with Gasteiger partial charge < -0.3 is 9.64 Å². The third kappa shape index (κ3) is 5.42. The number of aromatic nitrogens is 2. The summed E-state index contributed by atoms with van der Waals surface area (Å²) in [6, 6.07) is 19.3. The number of carbonyl (C=O) groups is 1. The summed E-state index contributed by atoms with van der Waals surface area (Å²) in [6.07, 6.45) is 1.46. The fourth-order valence-electron chi connectivity index (χ4n) is 3.83. The zero-order valence-electron chi connectivity index (χ0n) is 18.3. The number of carbonyl (C=O) groups excluding carboxylic acids is 1. The Kier molecular flexibility index (Phi) is 6.97. The minimum absolute atomic E-state index is 0.00801. The first kappa shape index (κ1) is 21.8. The Morgan fingerprint density at radius 1 is 1.00 bits per heavy atom. The van der Waals surface area contributed by atoms with E-state index in [4.69, 9.17) is 4.74 Å². The van der Waals surface area contributed by atoms with Crippen LogP contribution < -0.4 is 10.3 Å². The fourth-order valence-corrected chi connectivity index (χ4v) is 3.83. The molecular formula is C25H28N4O3. The van der Waals surface area contributed by atoms with Crippen LogP contribution in [-0.2, 0) is 17.9 Å². The highest BCUT2D eigenvalue weighted by Crippen LogP contribution is 2.19. The molecule has 1 aromatic heterocycles. The van der Waals surface area contributed by atoms with E-state index in [1.165, 1.54) is 22.5 Å². The summed E-state index contributed by atoms with van der Waals surface area (Å²) in [5.41, 5.74) is 2.45. The van der Waals surface area contributed by atoms with E-state index in [1.807, 2.05) is 54.3 Å². The molecule has 1 fully saturated rings. The SMILES string of the molecule is CCOc1ccc(-c2cc(=O)n(CC(=O)N3CCN(Cc4ccccc4)CC3)cn2)cc1. The molecule has 1 amide bonds. The van der Waals surface area contributed by atoms with Crippen LogP contribution >= 0.6 is 0 Å². The molecule has 0 radical (unpaired) electrons. The molecule has 1 saturated heterocycles. The van der Waals surface area contributed by atoms with Gasteiger partial charge in [0.1, 0.15) is 12.3 Å². The molecule has 0 N–H and O–H groups in total. The maximum absolute atomic E-state index is 12.7. The number of rotatable bonds is 7. The van der Waals surface area contributed by atoms with Gasteiger partial charge in [0.25, 0.3) is 5.56 Å². The molecule has 7 nitrogen and oxygen atoms in total. The summed E-state index contributed by atoms with van der Waals surface area (Å²) in [7, 11) is 0. The normalized spacial score (nSPS) is 14.3. The van der Waals surface area contributed by atoms with Crippen LogP contribution in [0, 0.1) is 0 Å². The lowest BCUT2D eigenvalue weighted by atomic mass is 10.1. The number of ether oxygens (including phenoxy) is 1. The summed E-state index contributed by atoms with van der Waals surface area (Å²) >= 11 is 0. The highest BCUT2D eigenvalue weighted by atomic mass is 16.5. The monoisotopic (exact) mass is 432 g/mol. The Morgan fingerprint density at radius 2 is 1.72 bits per heavy atom. The van der Waals surface area contributed by atoms with Crippen molar-refractivity contribution in [2.75, 3.05) is 32.8 Å². The van der Waals surface area contributed by atoms with Gasteiger partial charge in [-0.3, -0.25) is 19.1 Å². The van der Waals surface area contributed by atoms with Crippen LogP contribution in [-0.4, -0.2) is 58.0 Å². The summed E-state index contributed by atoms with van der Waals surface area (Å²) in [4.78, 5) is 33.9. The third-order valence-corrected chi connectivity index (χ3v) is 5.62. The second kappa shape index (κ2) is 10.2. The number of piperazine rings is 1. The lowest BCUT2D eigenvalue weighted by Gasteiger charge is -2.34. The first-order chi connectivity index (χ1) is 15.6. The molecule has 1 aliphatic heterocycles. The van der Waals surface area contributed by atoms with Gasteiger partial charge in [0.05, 0.1) is 18.6 Å². The smallest absolute Gasteiger partial charge is 0.254 e. The lowest BCUT2D eigenvalue weighted by Crippen LogP contribution is -2.49. The van der Waals surface area contributed by atoms with Crippen molar-refractivity contribution in [3.8, 4) is 17.0 Å². The van der Waals surface area contributed by atoms with Gasteiger partial charge in [-0.15, -0.1) is 0 Å². The van der Waals surface area contributed by atoms with Crippen molar-refractivity contribution in [3.63, 3.8) is 0 Å². The predicted octanol–water partition coefficient (Wildman–Crippen LogP) is 2.65. The van der Waals surface area contributed by atoms with Crippen molar-refractivity contribution in [3.05, 3.63) is 82.9 Å². The quantitative estimate of drug-likeness (QED) is 0.574. The Morgan fingerprint density at radius 3 is 2.38 bits per heavy atom.